The quantitative estimate of drug-likeness (QED) is 0.872. The van der Waals surface area contributed by atoms with Crippen LogP contribution in [0.25, 0.3) is 0 Å². The molecule has 0 bridgehead atoms. The van der Waals surface area contributed by atoms with Crippen molar-refractivity contribution in [1.82, 2.24) is 9.29 Å². The van der Waals surface area contributed by atoms with Crippen LogP contribution >= 0.6 is 11.3 Å². The molecule has 108 valence electrons. The number of thiazole rings is 1. The van der Waals surface area contributed by atoms with Gasteiger partial charge in [0, 0.05) is 18.5 Å². The van der Waals surface area contributed by atoms with Crippen LogP contribution in [0.15, 0.2) is 27.9 Å². The van der Waals surface area contributed by atoms with Crippen molar-refractivity contribution in [3.05, 3.63) is 40.4 Å². The summed E-state index contributed by atoms with van der Waals surface area (Å²) >= 11 is 1.32. The van der Waals surface area contributed by atoms with Crippen LogP contribution in [0, 0.1) is 11.6 Å². The fraction of sp³-hybridized carbons (Fsp3) is 0.182. The second-order valence-corrected chi connectivity index (χ2v) is 6.78. The van der Waals surface area contributed by atoms with E-state index in [1.807, 2.05) is 0 Å². The highest BCUT2D eigenvalue weighted by atomic mass is 32.2. The Labute approximate surface area is 118 Å². The van der Waals surface area contributed by atoms with E-state index in [9.17, 15) is 17.2 Å². The molecule has 0 saturated carbocycles. The standard InChI is InChI=1S/C11H11F2N3O2S2/c1-16(4-7-5-19-6-15-7)20(17,18)11-3-10(14)8(12)2-9(11)13/h2-3,5-6H,4,14H2,1H3. The van der Waals surface area contributed by atoms with E-state index in [0.717, 1.165) is 10.4 Å². The van der Waals surface area contributed by atoms with Crippen LogP contribution in [0.1, 0.15) is 5.69 Å². The van der Waals surface area contributed by atoms with Gasteiger partial charge < -0.3 is 5.73 Å². The first-order valence-electron chi connectivity index (χ1n) is 5.40. The molecule has 2 rings (SSSR count). The maximum Gasteiger partial charge on any atom is 0.246 e. The number of sulfonamides is 1. The highest BCUT2D eigenvalue weighted by Crippen LogP contribution is 2.24. The van der Waals surface area contributed by atoms with E-state index in [0.29, 0.717) is 11.8 Å². The highest BCUT2D eigenvalue weighted by molar-refractivity contribution is 7.89. The summed E-state index contributed by atoms with van der Waals surface area (Å²) < 4.78 is 52.1. The van der Waals surface area contributed by atoms with Crippen LogP contribution in [0.2, 0.25) is 0 Å². The van der Waals surface area contributed by atoms with Crippen molar-refractivity contribution in [2.45, 2.75) is 11.4 Å². The summed E-state index contributed by atoms with van der Waals surface area (Å²) in [6, 6.07) is 1.23. The minimum absolute atomic E-state index is 0.0114. The minimum Gasteiger partial charge on any atom is -0.396 e. The topological polar surface area (TPSA) is 76.3 Å². The largest absolute Gasteiger partial charge is 0.396 e. The SMILES string of the molecule is CN(Cc1cscn1)S(=O)(=O)c1cc(N)c(F)cc1F. The summed E-state index contributed by atoms with van der Waals surface area (Å²) in [5, 5.41) is 1.68. The summed E-state index contributed by atoms with van der Waals surface area (Å²) in [6.07, 6.45) is 0. The molecular formula is C11H11F2N3O2S2. The number of aromatic nitrogens is 1. The van der Waals surface area contributed by atoms with E-state index in [4.69, 9.17) is 5.73 Å². The molecule has 0 spiro atoms. The molecule has 0 atom stereocenters. The Balaban J connectivity index is 2.37. The van der Waals surface area contributed by atoms with Gasteiger partial charge in [-0.05, 0) is 6.07 Å². The lowest BCUT2D eigenvalue weighted by Gasteiger charge is -2.17. The molecule has 20 heavy (non-hydrogen) atoms. The zero-order chi connectivity index (χ0) is 14.9. The molecule has 0 fully saturated rings. The normalized spacial score (nSPS) is 12.0. The van der Waals surface area contributed by atoms with Crippen molar-refractivity contribution in [3.63, 3.8) is 0 Å². The molecule has 1 heterocycles. The van der Waals surface area contributed by atoms with E-state index < -0.39 is 32.2 Å². The first-order valence-corrected chi connectivity index (χ1v) is 7.78. The van der Waals surface area contributed by atoms with Crippen molar-refractivity contribution < 1.29 is 17.2 Å². The molecule has 0 saturated heterocycles. The zero-order valence-electron chi connectivity index (χ0n) is 10.4. The van der Waals surface area contributed by atoms with Gasteiger partial charge in [0.05, 0.1) is 23.4 Å². The lowest BCUT2D eigenvalue weighted by Crippen LogP contribution is -2.27. The van der Waals surface area contributed by atoms with Crippen LogP contribution in [0.3, 0.4) is 0 Å². The summed E-state index contributed by atoms with van der Waals surface area (Å²) in [5.41, 5.74) is 6.96. The van der Waals surface area contributed by atoms with Gasteiger partial charge in [-0.2, -0.15) is 4.31 Å². The number of nitrogen functional groups attached to an aromatic ring is 1. The third kappa shape index (κ3) is 2.79. The van der Waals surface area contributed by atoms with Gasteiger partial charge >= 0.3 is 0 Å². The fourth-order valence-corrected chi connectivity index (χ4v) is 3.31. The van der Waals surface area contributed by atoms with E-state index in [2.05, 4.69) is 4.98 Å². The van der Waals surface area contributed by atoms with Crippen LogP contribution in [0.5, 0.6) is 0 Å². The average molecular weight is 319 g/mol. The highest BCUT2D eigenvalue weighted by Gasteiger charge is 2.26. The molecular weight excluding hydrogens is 308 g/mol. The van der Waals surface area contributed by atoms with Gasteiger partial charge in [0.25, 0.3) is 0 Å². The lowest BCUT2D eigenvalue weighted by molar-refractivity contribution is 0.455. The van der Waals surface area contributed by atoms with Gasteiger partial charge in [0.2, 0.25) is 10.0 Å². The number of nitrogens with two attached hydrogens (primary N) is 1. The van der Waals surface area contributed by atoms with Crippen LogP contribution in [-0.2, 0) is 16.6 Å². The molecule has 1 aromatic carbocycles. The van der Waals surface area contributed by atoms with Gasteiger partial charge in [-0.3, -0.25) is 0 Å². The maximum absolute atomic E-state index is 13.7. The van der Waals surface area contributed by atoms with Crippen LogP contribution < -0.4 is 5.73 Å². The summed E-state index contributed by atoms with van der Waals surface area (Å²) in [6.45, 7) is -0.0114. The Kier molecular flexibility index (Phi) is 4.02. The molecule has 0 unspecified atom stereocenters. The van der Waals surface area contributed by atoms with Crippen molar-refractivity contribution in [3.8, 4) is 0 Å². The third-order valence-corrected chi connectivity index (χ3v) is 5.06. The minimum atomic E-state index is -4.11. The van der Waals surface area contributed by atoms with Crippen LogP contribution in [-0.4, -0.2) is 24.8 Å². The third-order valence-electron chi connectivity index (χ3n) is 2.61. The van der Waals surface area contributed by atoms with Crippen molar-refractivity contribution in [2.24, 2.45) is 0 Å². The molecule has 0 amide bonds. The number of hydrogen-bond donors (Lipinski definition) is 1. The van der Waals surface area contributed by atoms with E-state index in [-0.39, 0.29) is 6.54 Å². The summed E-state index contributed by atoms with van der Waals surface area (Å²) in [7, 11) is -2.82. The molecule has 2 aromatic rings. The molecule has 5 nitrogen and oxygen atoms in total. The van der Waals surface area contributed by atoms with E-state index >= 15 is 0 Å². The smallest absolute Gasteiger partial charge is 0.246 e. The average Bonchev–Trinajstić information content (AvgIpc) is 2.86. The molecule has 0 aliphatic heterocycles. The number of anilines is 1. The summed E-state index contributed by atoms with van der Waals surface area (Å²) in [4.78, 5) is 3.29. The Hall–Kier alpha value is -1.58. The number of hydrogen-bond acceptors (Lipinski definition) is 5. The monoisotopic (exact) mass is 319 g/mol. The number of rotatable bonds is 4. The molecule has 0 aliphatic rings. The predicted octanol–water partition coefficient (Wildman–Crippen LogP) is 1.82. The lowest BCUT2D eigenvalue weighted by atomic mass is 10.3. The van der Waals surface area contributed by atoms with Crippen molar-refractivity contribution in [2.75, 3.05) is 12.8 Å². The van der Waals surface area contributed by atoms with Gasteiger partial charge in [0.1, 0.15) is 16.5 Å². The van der Waals surface area contributed by atoms with Gasteiger partial charge in [0.15, 0.2) is 0 Å². The van der Waals surface area contributed by atoms with Gasteiger partial charge in [-0.15, -0.1) is 11.3 Å². The fourth-order valence-electron chi connectivity index (χ4n) is 1.54. The number of halogens is 2. The number of benzene rings is 1. The van der Waals surface area contributed by atoms with Crippen LogP contribution in [0.4, 0.5) is 14.5 Å². The maximum atomic E-state index is 13.7. The van der Waals surface area contributed by atoms with Crippen molar-refractivity contribution >= 4 is 27.0 Å². The Morgan fingerprint density at radius 3 is 2.65 bits per heavy atom. The molecule has 0 radical (unpaired) electrons. The second kappa shape index (κ2) is 5.43. The molecule has 0 aliphatic carbocycles. The Morgan fingerprint density at radius 1 is 1.35 bits per heavy atom. The van der Waals surface area contributed by atoms with Gasteiger partial charge in [-0.1, -0.05) is 0 Å². The molecule has 1 aromatic heterocycles. The number of nitrogens with zero attached hydrogens (tertiary/aromatic N) is 2. The summed E-state index contributed by atoms with van der Waals surface area (Å²) in [5.74, 6) is -2.18. The molecule has 9 heteroatoms. The van der Waals surface area contributed by atoms with Crippen molar-refractivity contribution in [1.29, 1.82) is 0 Å². The van der Waals surface area contributed by atoms with Gasteiger partial charge in [-0.25, -0.2) is 22.2 Å². The first-order chi connectivity index (χ1) is 9.32. The second-order valence-electron chi connectivity index (χ2n) is 4.05. The first kappa shape index (κ1) is 14.8. The van der Waals surface area contributed by atoms with E-state index in [1.54, 1.807) is 10.9 Å². The predicted molar refractivity (Wildman–Crippen MR) is 71.5 cm³/mol. The Bertz CT molecular complexity index is 718. The Morgan fingerprint density at radius 2 is 2.05 bits per heavy atom. The van der Waals surface area contributed by atoms with E-state index in [1.165, 1.54) is 18.4 Å². The molecule has 2 N–H and O–H groups in total. The zero-order valence-corrected chi connectivity index (χ0v) is 12.0.